The summed E-state index contributed by atoms with van der Waals surface area (Å²) < 4.78 is 16.8. The molecule has 0 amide bonds. The Hall–Kier alpha value is -2.89. The van der Waals surface area contributed by atoms with Crippen molar-refractivity contribution in [1.29, 1.82) is 0 Å². The lowest BCUT2D eigenvalue weighted by Gasteiger charge is -2.18. The highest BCUT2D eigenvalue weighted by Crippen LogP contribution is 2.18. The van der Waals surface area contributed by atoms with E-state index in [1.54, 1.807) is 6.08 Å². The maximum absolute atomic E-state index is 12.8. The quantitative estimate of drug-likeness (QED) is 0.0261. The van der Waals surface area contributed by atoms with Gasteiger partial charge in [0, 0.05) is 12.8 Å². The highest BCUT2D eigenvalue weighted by atomic mass is 16.6. The number of ether oxygens (including phenoxy) is 3. The lowest BCUT2D eigenvalue weighted by atomic mass is 10.0. The number of carbonyl (C=O) groups excluding carboxylic acids is 3. The molecule has 6 heteroatoms. The van der Waals surface area contributed by atoms with Crippen LogP contribution >= 0.6 is 0 Å². The summed E-state index contributed by atoms with van der Waals surface area (Å²) >= 11 is 0. The van der Waals surface area contributed by atoms with Gasteiger partial charge in [0.25, 0.3) is 0 Å². The average Bonchev–Trinajstić information content (AvgIpc) is 3.42. The highest BCUT2D eigenvalue weighted by Gasteiger charge is 2.19. The van der Waals surface area contributed by atoms with Crippen LogP contribution in [0.4, 0.5) is 0 Å². The Morgan fingerprint density at radius 3 is 0.750 bits per heavy atom. The standard InChI is InChI=1S/C70H126O6/c1-4-7-10-13-16-19-22-25-27-28-29-30-31-32-33-34-35-36-37-38-39-40-41-43-45-48-51-54-57-60-63-69(72)75-66-67(65-74-68(71)62-59-56-53-50-47-44-24-21-18-15-12-9-6-3)76-70(73)64-61-58-55-52-49-46-42-26-23-20-17-14-11-8-5-2/h8,11,17,20,26,42,49,52,58,61,67H,4-7,9-10,12-16,18-19,21-25,27-41,43-48,50-51,53-57,59-60,62-66H2,1-3H3/b11-8-,20-17-,42-26-,52-49-,61-58-. The molecular formula is C70H126O6. The Bertz CT molecular complexity index is 1360. The molecule has 0 radical (unpaired) electrons. The monoisotopic (exact) mass is 1060 g/mol. The summed E-state index contributed by atoms with van der Waals surface area (Å²) in [5.74, 6) is -1.02. The van der Waals surface area contributed by atoms with Gasteiger partial charge < -0.3 is 14.2 Å². The minimum Gasteiger partial charge on any atom is -0.462 e. The van der Waals surface area contributed by atoms with Crippen LogP contribution in [-0.2, 0) is 28.6 Å². The molecule has 0 aromatic rings. The molecule has 0 N–H and O–H groups in total. The molecule has 0 saturated carbocycles. The van der Waals surface area contributed by atoms with Crippen LogP contribution in [-0.4, -0.2) is 37.2 Å². The number of carbonyl (C=O) groups is 3. The van der Waals surface area contributed by atoms with Gasteiger partial charge in [-0.25, -0.2) is 0 Å². The van der Waals surface area contributed by atoms with Gasteiger partial charge in [0.2, 0.25) is 0 Å². The van der Waals surface area contributed by atoms with E-state index < -0.39 is 12.1 Å². The largest absolute Gasteiger partial charge is 0.462 e. The van der Waals surface area contributed by atoms with Gasteiger partial charge in [-0.15, -0.1) is 0 Å². The number of esters is 3. The number of hydrogen-bond acceptors (Lipinski definition) is 6. The van der Waals surface area contributed by atoms with E-state index in [1.807, 2.05) is 6.08 Å². The zero-order chi connectivity index (χ0) is 55.0. The van der Waals surface area contributed by atoms with Gasteiger partial charge in [-0.2, -0.15) is 0 Å². The third-order valence-electron chi connectivity index (χ3n) is 14.8. The van der Waals surface area contributed by atoms with E-state index >= 15 is 0 Å². The second-order valence-electron chi connectivity index (χ2n) is 22.4. The first-order chi connectivity index (χ1) is 37.5. The van der Waals surface area contributed by atoms with Crippen LogP contribution in [0, 0.1) is 0 Å². The van der Waals surface area contributed by atoms with E-state index in [0.717, 1.165) is 70.6 Å². The van der Waals surface area contributed by atoms with Gasteiger partial charge in [0.05, 0.1) is 6.42 Å². The van der Waals surface area contributed by atoms with Crippen LogP contribution in [0.25, 0.3) is 0 Å². The van der Waals surface area contributed by atoms with Gasteiger partial charge in [-0.05, 0) is 44.9 Å². The fraction of sp³-hybridized carbons (Fsp3) is 0.814. The lowest BCUT2D eigenvalue weighted by Crippen LogP contribution is -2.30. The van der Waals surface area contributed by atoms with Crippen LogP contribution in [0.5, 0.6) is 0 Å². The Kier molecular flexibility index (Phi) is 62.2. The predicted molar refractivity (Wildman–Crippen MR) is 330 cm³/mol. The zero-order valence-electron chi connectivity index (χ0n) is 50.8. The number of rotatable bonds is 61. The molecular weight excluding hydrogens is 937 g/mol. The summed E-state index contributed by atoms with van der Waals surface area (Å²) in [4.78, 5) is 38.2. The third kappa shape index (κ3) is 62.0. The van der Waals surface area contributed by atoms with Crippen molar-refractivity contribution in [3.8, 4) is 0 Å². The van der Waals surface area contributed by atoms with Crippen molar-refractivity contribution in [2.45, 2.75) is 354 Å². The molecule has 0 bridgehead atoms. The maximum Gasteiger partial charge on any atom is 0.310 e. The van der Waals surface area contributed by atoms with E-state index in [0.29, 0.717) is 12.8 Å². The molecule has 1 unspecified atom stereocenters. The highest BCUT2D eigenvalue weighted by molar-refractivity contribution is 5.72. The topological polar surface area (TPSA) is 78.9 Å². The minimum absolute atomic E-state index is 0.102. The molecule has 76 heavy (non-hydrogen) atoms. The first kappa shape index (κ1) is 73.1. The number of unbranched alkanes of at least 4 members (excludes halogenated alkanes) is 41. The normalized spacial score (nSPS) is 12.4. The molecule has 0 rings (SSSR count). The fourth-order valence-corrected chi connectivity index (χ4v) is 9.88. The summed E-state index contributed by atoms with van der Waals surface area (Å²) in [5, 5.41) is 0. The Morgan fingerprint density at radius 1 is 0.276 bits per heavy atom. The van der Waals surface area contributed by atoms with Gasteiger partial charge in [0.15, 0.2) is 6.10 Å². The van der Waals surface area contributed by atoms with Crippen molar-refractivity contribution >= 4 is 17.9 Å². The van der Waals surface area contributed by atoms with E-state index in [-0.39, 0.29) is 31.6 Å². The van der Waals surface area contributed by atoms with Crippen molar-refractivity contribution in [2.24, 2.45) is 0 Å². The Balaban J connectivity index is 4.19. The van der Waals surface area contributed by atoms with Crippen LogP contribution < -0.4 is 0 Å². The van der Waals surface area contributed by atoms with E-state index in [4.69, 9.17) is 14.2 Å². The van der Waals surface area contributed by atoms with E-state index in [1.165, 1.54) is 238 Å². The molecule has 0 aliphatic rings. The first-order valence-electron chi connectivity index (χ1n) is 33.3. The van der Waals surface area contributed by atoms with Crippen LogP contribution in [0.2, 0.25) is 0 Å². The van der Waals surface area contributed by atoms with Crippen LogP contribution in [0.3, 0.4) is 0 Å². The van der Waals surface area contributed by atoms with Gasteiger partial charge in [-0.1, -0.05) is 345 Å². The molecule has 0 saturated heterocycles. The molecule has 442 valence electrons. The maximum atomic E-state index is 12.8. The first-order valence-corrected chi connectivity index (χ1v) is 33.3. The lowest BCUT2D eigenvalue weighted by molar-refractivity contribution is -0.166. The molecule has 6 nitrogen and oxygen atoms in total. The van der Waals surface area contributed by atoms with Crippen molar-refractivity contribution in [1.82, 2.24) is 0 Å². The SMILES string of the molecule is CC/C=C\C/C=C\C/C=C\C/C=C\C/C=C\CC(=O)OC(COC(=O)CCCCCCCCCCCCCCC)COC(=O)CCCCCCCCCCCCCCCCCCCCCCCCCCCCCCCC. The summed E-state index contributed by atoms with van der Waals surface area (Å²) in [6, 6.07) is 0. The molecule has 0 fully saturated rings. The second kappa shape index (κ2) is 64.6. The van der Waals surface area contributed by atoms with Crippen molar-refractivity contribution < 1.29 is 28.6 Å². The molecule has 0 aliphatic heterocycles. The van der Waals surface area contributed by atoms with Gasteiger partial charge in [-0.3, -0.25) is 14.4 Å². The number of hydrogen-bond donors (Lipinski definition) is 0. The fourth-order valence-electron chi connectivity index (χ4n) is 9.88. The van der Waals surface area contributed by atoms with Crippen molar-refractivity contribution in [2.75, 3.05) is 13.2 Å². The molecule has 0 heterocycles. The van der Waals surface area contributed by atoms with Crippen LogP contribution in [0.1, 0.15) is 348 Å². The summed E-state index contributed by atoms with van der Waals surface area (Å²) in [7, 11) is 0. The molecule has 0 aromatic heterocycles. The van der Waals surface area contributed by atoms with Gasteiger partial charge in [0.1, 0.15) is 13.2 Å². The second-order valence-corrected chi connectivity index (χ2v) is 22.4. The smallest absolute Gasteiger partial charge is 0.310 e. The summed E-state index contributed by atoms with van der Waals surface area (Å²) in [5.41, 5.74) is 0. The van der Waals surface area contributed by atoms with E-state index in [2.05, 4.69) is 69.4 Å². The van der Waals surface area contributed by atoms with E-state index in [9.17, 15) is 14.4 Å². The molecule has 0 aromatic carbocycles. The minimum atomic E-state index is -0.826. The average molecular weight is 1060 g/mol. The number of allylic oxidation sites excluding steroid dienone is 9. The summed E-state index contributed by atoms with van der Waals surface area (Å²) in [6.45, 7) is 6.49. The molecule has 0 spiro atoms. The van der Waals surface area contributed by atoms with Gasteiger partial charge >= 0.3 is 17.9 Å². The molecule has 0 aliphatic carbocycles. The predicted octanol–water partition coefficient (Wildman–Crippen LogP) is 22.7. The molecule has 1 atom stereocenters. The third-order valence-corrected chi connectivity index (χ3v) is 14.8. The van der Waals surface area contributed by atoms with Crippen LogP contribution in [0.15, 0.2) is 60.8 Å². The Labute approximate surface area is 472 Å². The Morgan fingerprint density at radius 2 is 0.500 bits per heavy atom. The summed E-state index contributed by atoms with van der Waals surface area (Å²) in [6.07, 6.45) is 82.9. The zero-order valence-corrected chi connectivity index (χ0v) is 50.8. The van der Waals surface area contributed by atoms with Crippen molar-refractivity contribution in [3.05, 3.63) is 60.8 Å². The van der Waals surface area contributed by atoms with Crippen molar-refractivity contribution in [3.63, 3.8) is 0 Å².